The quantitative estimate of drug-likeness (QED) is 0.646. The van der Waals surface area contributed by atoms with Gasteiger partial charge in [0, 0.05) is 19.0 Å². The Kier molecular flexibility index (Phi) is 2.47. The molecule has 1 aromatic rings. The highest BCUT2D eigenvalue weighted by Gasteiger charge is 2.16. The van der Waals surface area contributed by atoms with E-state index < -0.39 is 0 Å². The van der Waals surface area contributed by atoms with Crippen LogP contribution in [0.3, 0.4) is 0 Å². The van der Waals surface area contributed by atoms with E-state index in [1.165, 1.54) is 9.88 Å². The fourth-order valence-electron chi connectivity index (χ4n) is 0.971. The number of anilines is 1. The average Bonchev–Trinajstić information content (AvgIpc) is 2.30. The molecule has 68 valence electrons. The van der Waals surface area contributed by atoms with E-state index in [9.17, 15) is 0 Å². The van der Waals surface area contributed by atoms with Crippen molar-refractivity contribution in [3.8, 4) is 0 Å². The van der Waals surface area contributed by atoms with Gasteiger partial charge in [-0.15, -0.1) is 11.3 Å². The van der Waals surface area contributed by atoms with Gasteiger partial charge in [0.25, 0.3) is 0 Å². The minimum absolute atomic E-state index is 0.291. The van der Waals surface area contributed by atoms with Crippen molar-refractivity contribution < 1.29 is 0 Å². The molecule has 1 nitrogen and oxygen atoms in total. The minimum atomic E-state index is 0.291. The van der Waals surface area contributed by atoms with E-state index in [0.717, 1.165) is 0 Å². The van der Waals surface area contributed by atoms with Gasteiger partial charge < -0.3 is 4.90 Å². The van der Waals surface area contributed by atoms with Crippen LogP contribution in [0, 0.1) is 0 Å². The van der Waals surface area contributed by atoms with Gasteiger partial charge in [-0.2, -0.15) is 0 Å². The van der Waals surface area contributed by atoms with Gasteiger partial charge in [-0.1, -0.05) is 20.8 Å². The Morgan fingerprint density at radius 3 is 2.00 bits per heavy atom. The largest absolute Gasteiger partial charge is 0.370 e. The molecule has 0 spiro atoms. The average molecular weight is 183 g/mol. The zero-order valence-electron chi connectivity index (χ0n) is 8.51. The molecule has 0 aliphatic carbocycles. The normalized spacial score (nSPS) is 11.8. The predicted octanol–water partition coefficient (Wildman–Crippen LogP) is 3.11. The molecule has 0 aromatic carbocycles. The Labute approximate surface area is 79.0 Å². The van der Waals surface area contributed by atoms with Gasteiger partial charge in [0.15, 0.2) is 0 Å². The summed E-state index contributed by atoms with van der Waals surface area (Å²) >= 11 is 1.87. The fraction of sp³-hybridized carbons (Fsp3) is 0.600. The van der Waals surface area contributed by atoms with Crippen LogP contribution in [0.25, 0.3) is 0 Å². The molecule has 0 bridgehead atoms. The topological polar surface area (TPSA) is 3.24 Å². The van der Waals surface area contributed by atoms with Crippen LogP contribution < -0.4 is 4.90 Å². The molecule has 0 atom stereocenters. The van der Waals surface area contributed by atoms with Crippen LogP contribution in [0.5, 0.6) is 0 Å². The van der Waals surface area contributed by atoms with Gasteiger partial charge in [0.2, 0.25) is 0 Å². The molecule has 0 amide bonds. The zero-order chi connectivity index (χ0) is 9.35. The van der Waals surface area contributed by atoms with Crippen molar-refractivity contribution in [3.05, 3.63) is 17.0 Å². The van der Waals surface area contributed by atoms with Crippen molar-refractivity contribution in [2.75, 3.05) is 19.0 Å². The molecular weight excluding hydrogens is 166 g/mol. The summed E-state index contributed by atoms with van der Waals surface area (Å²) in [5.41, 5.74) is 0.291. The van der Waals surface area contributed by atoms with Crippen molar-refractivity contribution >= 4 is 16.3 Å². The SMILES string of the molecule is CN(C)c1ccc(C(C)(C)C)s1. The van der Waals surface area contributed by atoms with Gasteiger partial charge in [0.05, 0.1) is 5.00 Å². The predicted molar refractivity (Wildman–Crippen MR) is 57.3 cm³/mol. The summed E-state index contributed by atoms with van der Waals surface area (Å²) in [6.07, 6.45) is 0. The molecule has 1 heterocycles. The molecule has 1 rings (SSSR count). The lowest BCUT2D eigenvalue weighted by molar-refractivity contribution is 0.604. The third-order valence-corrected chi connectivity index (χ3v) is 3.45. The molecule has 2 heteroatoms. The summed E-state index contributed by atoms with van der Waals surface area (Å²) in [5.74, 6) is 0. The van der Waals surface area contributed by atoms with E-state index in [1.54, 1.807) is 0 Å². The molecule has 0 unspecified atom stereocenters. The molecule has 0 aliphatic heterocycles. The second-order valence-electron chi connectivity index (χ2n) is 4.28. The van der Waals surface area contributed by atoms with Crippen molar-refractivity contribution in [1.82, 2.24) is 0 Å². The number of hydrogen-bond donors (Lipinski definition) is 0. The van der Waals surface area contributed by atoms with Gasteiger partial charge in [-0.3, -0.25) is 0 Å². The van der Waals surface area contributed by atoms with E-state index in [2.05, 4.69) is 51.9 Å². The minimum Gasteiger partial charge on any atom is -0.370 e. The number of rotatable bonds is 1. The van der Waals surface area contributed by atoms with Crippen LogP contribution in [0.2, 0.25) is 0 Å². The number of hydrogen-bond acceptors (Lipinski definition) is 2. The first-order valence-electron chi connectivity index (χ1n) is 4.19. The van der Waals surface area contributed by atoms with Crippen molar-refractivity contribution in [2.24, 2.45) is 0 Å². The highest BCUT2D eigenvalue weighted by Crippen LogP contribution is 2.33. The summed E-state index contributed by atoms with van der Waals surface area (Å²) < 4.78 is 0. The summed E-state index contributed by atoms with van der Waals surface area (Å²) in [5, 5.41) is 1.33. The maximum atomic E-state index is 2.25. The molecule has 12 heavy (non-hydrogen) atoms. The Balaban J connectivity index is 2.92. The molecule has 0 aliphatic rings. The Bertz CT molecular complexity index is 255. The Hall–Kier alpha value is -0.500. The molecule has 0 saturated heterocycles. The third-order valence-electron chi connectivity index (χ3n) is 1.77. The number of nitrogens with zero attached hydrogens (tertiary/aromatic N) is 1. The van der Waals surface area contributed by atoms with Gasteiger partial charge in [0.1, 0.15) is 0 Å². The van der Waals surface area contributed by atoms with Crippen LogP contribution in [0.4, 0.5) is 5.00 Å². The van der Waals surface area contributed by atoms with Crippen LogP contribution in [0.15, 0.2) is 12.1 Å². The first kappa shape index (κ1) is 9.59. The van der Waals surface area contributed by atoms with Gasteiger partial charge in [-0.25, -0.2) is 0 Å². The lowest BCUT2D eigenvalue weighted by Gasteiger charge is -2.15. The Morgan fingerprint density at radius 2 is 1.75 bits per heavy atom. The third kappa shape index (κ3) is 2.01. The fourth-order valence-corrected chi connectivity index (χ4v) is 1.96. The zero-order valence-corrected chi connectivity index (χ0v) is 9.33. The molecule has 1 aromatic heterocycles. The molecule has 0 radical (unpaired) electrons. The molecule has 0 saturated carbocycles. The smallest absolute Gasteiger partial charge is 0.0906 e. The number of thiophene rings is 1. The van der Waals surface area contributed by atoms with E-state index >= 15 is 0 Å². The monoisotopic (exact) mass is 183 g/mol. The molecule has 0 fully saturated rings. The molecular formula is C10H17NS. The van der Waals surface area contributed by atoms with E-state index in [1.807, 2.05) is 11.3 Å². The Morgan fingerprint density at radius 1 is 1.17 bits per heavy atom. The standard InChI is InChI=1S/C10H17NS/c1-10(2,3)8-6-7-9(12-8)11(4)5/h6-7H,1-5H3. The summed E-state index contributed by atoms with van der Waals surface area (Å²) in [4.78, 5) is 3.60. The van der Waals surface area contributed by atoms with Crippen molar-refractivity contribution in [2.45, 2.75) is 26.2 Å². The van der Waals surface area contributed by atoms with E-state index in [0.29, 0.717) is 5.41 Å². The van der Waals surface area contributed by atoms with Gasteiger partial charge >= 0.3 is 0 Å². The highest BCUT2D eigenvalue weighted by molar-refractivity contribution is 7.16. The summed E-state index contributed by atoms with van der Waals surface area (Å²) in [6, 6.07) is 4.41. The van der Waals surface area contributed by atoms with Crippen LogP contribution in [-0.4, -0.2) is 14.1 Å². The first-order valence-corrected chi connectivity index (χ1v) is 5.00. The maximum Gasteiger partial charge on any atom is 0.0906 e. The highest BCUT2D eigenvalue weighted by atomic mass is 32.1. The maximum absolute atomic E-state index is 2.25. The van der Waals surface area contributed by atoms with Crippen LogP contribution >= 0.6 is 11.3 Å². The van der Waals surface area contributed by atoms with Gasteiger partial charge in [-0.05, 0) is 17.5 Å². The first-order chi connectivity index (χ1) is 5.41. The van der Waals surface area contributed by atoms with E-state index in [4.69, 9.17) is 0 Å². The molecule has 0 N–H and O–H groups in total. The van der Waals surface area contributed by atoms with Crippen LogP contribution in [0.1, 0.15) is 25.6 Å². The second kappa shape index (κ2) is 3.09. The van der Waals surface area contributed by atoms with Crippen molar-refractivity contribution in [3.63, 3.8) is 0 Å². The summed E-state index contributed by atoms with van der Waals surface area (Å²) in [6.45, 7) is 6.74. The lowest BCUT2D eigenvalue weighted by atomic mass is 9.95. The second-order valence-corrected chi connectivity index (χ2v) is 5.34. The van der Waals surface area contributed by atoms with E-state index in [-0.39, 0.29) is 0 Å². The lowest BCUT2D eigenvalue weighted by Crippen LogP contribution is -2.08. The van der Waals surface area contributed by atoms with Crippen LogP contribution in [-0.2, 0) is 5.41 Å². The van der Waals surface area contributed by atoms with Crippen molar-refractivity contribution in [1.29, 1.82) is 0 Å². The summed E-state index contributed by atoms with van der Waals surface area (Å²) in [7, 11) is 4.16.